The van der Waals surface area contributed by atoms with Crippen molar-refractivity contribution in [1.82, 2.24) is 4.98 Å². The van der Waals surface area contributed by atoms with Crippen molar-refractivity contribution in [2.45, 2.75) is 6.61 Å². The van der Waals surface area contributed by atoms with E-state index in [1.165, 1.54) is 11.3 Å². The van der Waals surface area contributed by atoms with E-state index in [1.807, 2.05) is 6.07 Å². The van der Waals surface area contributed by atoms with Gasteiger partial charge in [0.1, 0.15) is 23.3 Å². The van der Waals surface area contributed by atoms with Gasteiger partial charge in [-0.1, -0.05) is 11.6 Å². The van der Waals surface area contributed by atoms with Gasteiger partial charge in [0.05, 0.1) is 15.8 Å². The maximum absolute atomic E-state index is 14.1. The van der Waals surface area contributed by atoms with Gasteiger partial charge < -0.3 is 10.5 Å². The third-order valence-electron chi connectivity index (χ3n) is 3.07. The highest BCUT2D eigenvalue weighted by atomic mass is 35.5. The Labute approximate surface area is 139 Å². The molecule has 118 valence electrons. The summed E-state index contributed by atoms with van der Waals surface area (Å²) in [6.45, 7) is 0.0108. The van der Waals surface area contributed by atoms with Gasteiger partial charge in [-0.3, -0.25) is 5.41 Å². The first-order chi connectivity index (χ1) is 11.0. The average molecular weight is 354 g/mol. The summed E-state index contributed by atoms with van der Waals surface area (Å²) >= 11 is 7.29. The van der Waals surface area contributed by atoms with Crippen LogP contribution in [0.5, 0.6) is 5.75 Å². The molecule has 0 radical (unpaired) electrons. The summed E-state index contributed by atoms with van der Waals surface area (Å²) in [5, 5.41) is 8.42. The zero-order valence-corrected chi connectivity index (χ0v) is 13.1. The topological polar surface area (TPSA) is 72.0 Å². The van der Waals surface area contributed by atoms with E-state index in [4.69, 9.17) is 27.5 Å². The molecule has 3 aromatic rings. The molecule has 23 heavy (non-hydrogen) atoms. The number of thiazole rings is 1. The van der Waals surface area contributed by atoms with Crippen molar-refractivity contribution in [2.75, 3.05) is 0 Å². The molecule has 4 nitrogen and oxygen atoms in total. The quantitative estimate of drug-likeness (QED) is 0.548. The van der Waals surface area contributed by atoms with Crippen molar-refractivity contribution in [2.24, 2.45) is 5.73 Å². The molecule has 3 rings (SSSR count). The van der Waals surface area contributed by atoms with Crippen LogP contribution < -0.4 is 10.5 Å². The number of nitrogens with zero attached hydrogens (tertiary/aromatic N) is 1. The second-order valence-electron chi connectivity index (χ2n) is 4.66. The molecule has 0 unspecified atom stereocenters. The Morgan fingerprint density at radius 1 is 1.30 bits per heavy atom. The minimum Gasteiger partial charge on any atom is -0.483 e. The van der Waals surface area contributed by atoms with Gasteiger partial charge in [-0.15, -0.1) is 11.3 Å². The molecule has 0 atom stereocenters. The number of ether oxygens (including phenoxy) is 1. The van der Waals surface area contributed by atoms with Gasteiger partial charge in [-0.2, -0.15) is 0 Å². The second-order valence-corrected chi connectivity index (χ2v) is 6.21. The van der Waals surface area contributed by atoms with Crippen molar-refractivity contribution in [3.63, 3.8) is 0 Å². The summed E-state index contributed by atoms with van der Waals surface area (Å²) in [7, 11) is 0. The molecule has 0 spiro atoms. The number of aromatic nitrogens is 1. The number of nitrogens with one attached hydrogen (secondary N) is 1. The third-order valence-corrected chi connectivity index (χ3v) is 4.32. The van der Waals surface area contributed by atoms with E-state index in [-0.39, 0.29) is 12.4 Å². The van der Waals surface area contributed by atoms with Gasteiger partial charge in [-0.25, -0.2) is 13.8 Å². The van der Waals surface area contributed by atoms with Crippen LogP contribution in [-0.2, 0) is 6.61 Å². The SMILES string of the molecule is N=C(N)c1c(F)ccc(OCc2nc3cc(Cl)ccc3s2)c1F. The highest BCUT2D eigenvalue weighted by Crippen LogP contribution is 2.27. The fourth-order valence-corrected chi connectivity index (χ4v) is 3.07. The lowest BCUT2D eigenvalue weighted by molar-refractivity contribution is 0.289. The predicted molar refractivity (Wildman–Crippen MR) is 86.3 cm³/mol. The van der Waals surface area contributed by atoms with Crippen LogP contribution in [0.15, 0.2) is 30.3 Å². The van der Waals surface area contributed by atoms with Crippen LogP contribution in [-0.4, -0.2) is 10.8 Å². The summed E-state index contributed by atoms with van der Waals surface area (Å²) in [6, 6.07) is 7.48. The first-order valence-corrected chi connectivity index (χ1v) is 7.65. The highest BCUT2D eigenvalue weighted by molar-refractivity contribution is 7.18. The lowest BCUT2D eigenvalue weighted by atomic mass is 10.1. The molecule has 0 bridgehead atoms. The molecule has 1 aromatic heterocycles. The molecule has 0 saturated heterocycles. The van der Waals surface area contributed by atoms with Crippen LogP contribution >= 0.6 is 22.9 Å². The lowest BCUT2D eigenvalue weighted by Crippen LogP contribution is -2.16. The summed E-state index contributed by atoms with van der Waals surface area (Å²) in [5.74, 6) is -2.78. The van der Waals surface area contributed by atoms with Gasteiger partial charge in [0.25, 0.3) is 0 Å². The molecule has 0 aliphatic heterocycles. The Morgan fingerprint density at radius 2 is 2.09 bits per heavy atom. The maximum Gasteiger partial charge on any atom is 0.178 e. The largest absolute Gasteiger partial charge is 0.483 e. The molecule has 2 aromatic carbocycles. The van der Waals surface area contributed by atoms with Crippen molar-refractivity contribution in [3.05, 3.63) is 57.6 Å². The molecule has 0 amide bonds. The van der Waals surface area contributed by atoms with E-state index >= 15 is 0 Å². The summed E-state index contributed by atoms with van der Waals surface area (Å²) in [5.41, 5.74) is 5.31. The number of hydrogen-bond acceptors (Lipinski definition) is 4. The molecule has 1 heterocycles. The van der Waals surface area contributed by atoms with Crippen LogP contribution in [0.3, 0.4) is 0 Å². The third kappa shape index (κ3) is 3.11. The minimum absolute atomic E-state index is 0.0108. The number of nitrogens with two attached hydrogens (primary N) is 1. The van der Waals surface area contributed by atoms with Gasteiger partial charge in [0, 0.05) is 5.02 Å². The monoisotopic (exact) mass is 353 g/mol. The number of hydrogen-bond donors (Lipinski definition) is 2. The Bertz CT molecular complexity index is 913. The van der Waals surface area contributed by atoms with Crippen LogP contribution in [0.4, 0.5) is 8.78 Å². The fraction of sp³-hybridized carbons (Fsp3) is 0.0667. The Hall–Kier alpha value is -2.25. The number of fused-ring (bicyclic) bond motifs is 1. The normalized spacial score (nSPS) is 10.9. The van der Waals surface area contributed by atoms with E-state index < -0.39 is 23.0 Å². The number of halogens is 3. The van der Waals surface area contributed by atoms with Gasteiger partial charge in [0.15, 0.2) is 11.6 Å². The minimum atomic E-state index is -0.998. The van der Waals surface area contributed by atoms with Gasteiger partial charge in [0.2, 0.25) is 0 Å². The van der Waals surface area contributed by atoms with Crippen molar-refractivity contribution in [1.29, 1.82) is 5.41 Å². The van der Waals surface area contributed by atoms with Crippen molar-refractivity contribution >= 4 is 39.0 Å². The van der Waals surface area contributed by atoms with E-state index in [9.17, 15) is 8.78 Å². The Morgan fingerprint density at radius 3 is 2.83 bits per heavy atom. The molecule has 0 aliphatic carbocycles. The fourth-order valence-electron chi connectivity index (χ4n) is 2.04. The standard InChI is InChI=1S/C15H10ClF2N3OS/c16-7-1-4-11-9(5-7)21-12(23-11)6-22-10-3-2-8(17)13(14(10)18)15(19)20/h1-5H,6H2,(H3,19,20). The van der Waals surface area contributed by atoms with Crippen LogP contribution in [0.1, 0.15) is 10.6 Å². The molecule has 0 fully saturated rings. The number of benzene rings is 2. The molecular formula is C15H10ClF2N3OS. The zero-order chi connectivity index (χ0) is 16.6. The molecule has 3 N–H and O–H groups in total. The van der Waals surface area contributed by atoms with Gasteiger partial charge in [-0.05, 0) is 30.3 Å². The number of rotatable bonds is 4. The summed E-state index contributed by atoms with van der Waals surface area (Å²) in [6.07, 6.45) is 0. The van der Waals surface area contributed by atoms with E-state index in [1.54, 1.807) is 12.1 Å². The maximum atomic E-state index is 14.1. The van der Waals surface area contributed by atoms with Gasteiger partial charge >= 0.3 is 0 Å². The molecule has 8 heteroatoms. The summed E-state index contributed by atoms with van der Waals surface area (Å²) in [4.78, 5) is 4.34. The van der Waals surface area contributed by atoms with Crippen molar-refractivity contribution < 1.29 is 13.5 Å². The Kier molecular flexibility index (Phi) is 4.14. The molecular weight excluding hydrogens is 344 g/mol. The van der Waals surface area contributed by atoms with Crippen LogP contribution in [0.2, 0.25) is 5.02 Å². The van der Waals surface area contributed by atoms with Crippen LogP contribution in [0.25, 0.3) is 10.2 Å². The van der Waals surface area contributed by atoms with E-state index in [0.29, 0.717) is 10.0 Å². The Balaban J connectivity index is 1.85. The second kappa shape index (κ2) is 6.10. The first kappa shape index (κ1) is 15.6. The van der Waals surface area contributed by atoms with E-state index in [2.05, 4.69) is 4.98 Å². The highest BCUT2D eigenvalue weighted by Gasteiger charge is 2.17. The lowest BCUT2D eigenvalue weighted by Gasteiger charge is -2.09. The van der Waals surface area contributed by atoms with Crippen LogP contribution in [0, 0.1) is 17.0 Å². The first-order valence-electron chi connectivity index (χ1n) is 6.46. The summed E-state index contributed by atoms with van der Waals surface area (Å²) < 4.78 is 33.9. The zero-order valence-electron chi connectivity index (χ0n) is 11.6. The number of amidine groups is 1. The number of nitrogen functional groups attached to an aromatic ring is 1. The van der Waals surface area contributed by atoms with E-state index in [0.717, 1.165) is 22.3 Å². The molecule has 0 aliphatic rings. The smallest absolute Gasteiger partial charge is 0.178 e. The van der Waals surface area contributed by atoms with Crippen molar-refractivity contribution in [3.8, 4) is 5.75 Å². The predicted octanol–water partition coefficient (Wildman–Crippen LogP) is 4.09. The molecule has 0 saturated carbocycles. The average Bonchev–Trinajstić information content (AvgIpc) is 2.88.